The van der Waals surface area contributed by atoms with Crippen LogP contribution in [0.4, 0.5) is 0 Å². The Balaban J connectivity index is 1.80. The normalized spacial score (nSPS) is 31.2. The molecule has 0 spiro atoms. The molecule has 0 aliphatic carbocycles. The number of benzene rings is 1. The first-order valence-electron chi connectivity index (χ1n) is 11.7. The van der Waals surface area contributed by atoms with E-state index < -0.39 is 23.9 Å². The summed E-state index contributed by atoms with van der Waals surface area (Å²) in [5.74, 6) is 0.203. The second-order valence-electron chi connectivity index (χ2n) is 9.63. The van der Waals surface area contributed by atoms with Crippen molar-refractivity contribution in [1.82, 2.24) is 4.90 Å². The van der Waals surface area contributed by atoms with Crippen LogP contribution < -0.4 is 0 Å². The molecule has 0 amide bonds. The van der Waals surface area contributed by atoms with Gasteiger partial charge in [-0.2, -0.15) is 0 Å². The highest BCUT2D eigenvalue weighted by atomic mass is 127. The quantitative estimate of drug-likeness (QED) is 0.331. The number of halogens is 1. The van der Waals surface area contributed by atoms with Crippen LogP contribution in [0.25, 0.3) is 0 Å². The first-order chi connectivity index (χ1) is 15.1. The number of aliphatic hydroxyl groups excluding tert-OH is 3. The maximum absolute atomic E-state index is 11.6. The van der Waals surface area contributed by atoms with Crippen LogP contribution in [0.15, 0.2) is 51.1 Å². The SMILES string of the molecule is C/C(=C\C[C@@H](C)/C(I)=C1\CN2CCC[C@H]2[C@@](C)(OCc2ccccc2)[C@@H]1O)[C@@H](O)[C@@H](C)O. The molecule has 0 bridgehead atoms. The molecule has 6 heteroatoms. The van der Waals surface area contributed by atoms with Gasteiger partial charge in [-0.15, -0.1) is 0 Å². The van der Waals surface area contributed by atoms with Gasteiger partial charge in [0.1, 0.15) is 17.8 Å². The Morgan fingerprint density at radius 1 is 1.28 bits per heavy atom. The average molecular weight is 555 g/mol. The minimum atomic E-state index is -0.840. The van der Waals surface area contributed by atoms with Gasteiger partial charge >= 0.3 is 0 Å². The summed E-state index contributed by atoms with van der Waals surface area (Å²) in [6.07, 6.45) is 2.63. The molecule has 6 atom stereocenters. The Labute approximate surface area is 206 Å². The van der Waals surface area contributed by atoms with Gasteiger partial charge in [0, 0.05) is 12.6 Å². The standard InChI is InChI=1S/C26H38INO4/c1-17(12-13-18(2)24(30)19(3)29)23(27)21-15-28-14-8-11-22(28)26(4,25(21)31)32-16-20-9-6-5-7-10-20/h5-7,9-10,13,17,19,22,24-25,29-31H,8,11-12,14-16H2,1-4H3/b18-13+,23-21-/t17-,19-,22+,24-,25-,26-/m1/s1. The Bertz CT molecular complexity index is 824. The molecule has 1 aromatic rings. The Kier molecular flexibility index (Phi) is 8.97. The number of piperidine rings is 1. The van der Waals surface area contributed by atoms with Crippen LogP contribution in [0.5, 0.6) is 0 Å². The Hall–Kier alpha value is -0.770. The van der Waals surface area contributed by atoms with E-state index in [4.69, 9.17) is 4.74 Å². The predicted molar refractivity (Wildman–Crippen MR) is 137 cm³/mol. The van der Waals surface area contributed by atoms with E-state index in [2.05, 4.69) is 53.5 Å². The van der Waals surface area contributed by atoms with Gasteiger partial charge in [-0.3, -0.25) is 4.90 Å². The van der Waals surface area contributed by atoms with Crippen molar-refractivity contribution in [3.05, 3.63) is 56.7 Å². The molecule has 3 rings (SSSR count). The molecule has 0 saturated carbocycles. The summed E-state index contributed by atoms with van der Waals surface area (Å²) < 4.78 is 7.65. The highest BCUT2D eigenvalue weighted by Crippen LogP contribution is 2.43. The number of hydrogen-bond acceptors (Lipinski definition) is 5. The largest absolute Gasteiger partial charge is 0.390 e. The number of rotatable bonds is 8. The summed E-state index contributed by atoms with van der Waals surface area (Å²) >= 11 is 2.39. The summed E-state index contributed by atoms with van der Waals surface area (Å²) in [5.41, 5.74) is 2.28. The average Bonchev–Trinajstić information content (AvgIpc) is 3.27. The molecule has 2 saturated heterocycles. The van der Waals surface area contributed by atoms with Crippen molar-refractivity contribution in [3.8, 4) is 0 Å². The molecule has 2 aliphatic rings. The van der Waals surface area contributed by atoms with Crippen LogP contribution in [0.1, 0.15) is 52.5 Å². The molecule has 2 aliphatic heterocycles. The molecule has 3 N–H and O–H groups in total. The van der Waals surface area contributed by atoms with Crippen molar-refractivity contribution in [2.24, 2.45) is 5.92 Å². The van der Waals surface area contributed by atoms with Gasteiger partial charge in [0.2, 0.25) is 0 Å². The smallest absolute Gasteiger partial charge is 0.111 e. The zero-order valence-electron chi connectivity index (χ0n) is 19.7. The lowest BCUT2D eigenvalue weighted by molar-refractivity contribution is -0.158. The van der Waals surface area contributed by atoms with Gasteiger partial charge in [0.25, 0.3) is 0 Å². The molecule has 178 valence electrons. The topological polar surface area (TPSA) is 73.2 Å². The van der Waals surface area contributed by atoms with E-state index in [0.717, 1.165) is 52.6 Å². The van der Waals surface area contributed by atoms with Gasteiger partial charge in [0.15, 0.2) is 0 Å². The maximum atomic E-state index is 11.6. The highest BCUT2D eigenvalue weighted by Gasteiger charge is 2.52. The van der Waals surface area contributed by atoms with E-state index in [0.29, 0.717) is 6.61 Å². The van der Waals surface area contributed by atoms with Crippen LogP contribution >= 0.6 is 22.6 Å². The van der Waals surface area contributed by atoms with E-state index in [1.54, 1.807) is 6.92 Å². The molecular formula is C26H38INO4. The maximum Gasteiger partial charge on any atom is 0.111 e. The van der Waals surface area contributed by atoms with Crippen molar-refractivity contribution in [2.45, 2.75) is 83.5 Å². The van der Waals surface area contributed by atoms with Gasteiger partial charge < -0.3 is 20.1 Å². The molecule has 1 aromatic carbocycles. The minimum Gasteiger partial charge on any atom is -0.390 e. The van der Waals surface area contributed by atoms with Crippen molar-refractivity contribution in [3.63, 3.8) is 0 Å². The Morgan fingerprint density at radius 3 is 2.62 bits per heavy atom. The predicted octanol–water partition coefficient (Wildman–Crippen LogP) is 4.20. The third-order valence-electron chi connectivity index (χ3n) is 7.12. The van der Waals surface area contributed by atoms with E-state index in [-0.39, 0.29) is 12.0 Å². The molecule has 0 aromatic heterocycles. The van der Waals surface area contributed by atoms with Crippen LogP contribution in [0.2, 0.25) is 0 Å². The second kappa shape index (κ2) is 11.1. The molecule has 0 unspecified atom stereocenters. The molecular weight excluding hydrogens is 517 g/mol. The number of ether oxygens (including phenoxy) is 1. The van der Waals surface area contributed by atoms with Crippen molar-refractivity contribution in [2.75, 3.05) is 13.1 Å². The van der Waals surface area contributed by atoms with E-state index in [9.17, 15) is 15.3 Å². The van der Waals surface area contributed by atoms with Crippen LogP contribution in [-0.2, 0) is 11.3 Å². The van der Waals surface area contributed by atoms with Crippen LogP contribution in [0, 0.1) is 5.92 Å². The van der Waals surface area contributed by atoms with Crippen molar-refractivity contribution in [1.29, 1.82) is 0 Å². The van der Waals surface area contributed by atoms with E-state index in [1.165, 1.54) is 0 Å². The number of allylic oxidation sites excluding steroid dienone is 2. The Morgan fingerprint density at radius 2 is 1.97 bits per heavy atom. The summed E-state index contributed by atoms with van der Waals surface area (Å²) in [6.45, 7) is 9.96. The van der Waals surface area contributed by atoms with Gasteiger partial charge in [-0.05, 0) is 95.4 Å². The van der Waals surface area contributed by atoms with Gasteiger partial charge in [-0.1, -0.05) is 43.3 Å². The van der Waals surface area contributed by atoms with E-state index in [1.807, 2.05) is 31.2 Å². The molecule has 32 heavy (non-hydrogen) atoms. The zero-order valence-corrected chi connectivity index (χ0v) is 21.8. The van der Waals surface area contributed by atoms with Gasteiger partial charge in [0.05, 0.1) is 12.7 Å². The lowest BCUT2D eigenvalue weighted by atomic mass is 9.79. The lowest BCUT2D eigenvalue weighted by Crippen LogP contribution is -2.62. The highest BCUT2D eigenvalue weighted by molar-refractivity contribution is 14.1. The van der Waals surface area contributed by atoms with E-state index >= 15 is 0 Å². The second-order valence-corrected chi connectivity index (χ2v) is 10.8. The van der Waals surface area contributed by atoms with Crippen LogP contribution in [0.3, 0.4) is 0 Å². The summed E-state index contributed by atoms with van der Waals surface area (Å²) in [4.78, 5) is 2.47. The summed E-state index contributed by atoms with van der Waals surface area (Å²) in [7, 11) is 0. The minimum absolute atomic E-state index is 0.203. The number of aliphatic hydroxyl groups is 3. The van der Waals surface area contributed by atoms with Crippen molar-refractivity contribution < 1.29 is 20.1 Å². The number of hydrogen-bond donors (Lipinski definition) is 3. The lowest BCUT2D eigenvalue weighted by Gasteiger charge is -2.49. The fraction of sp³-hybridized carbons (Fsp3) is 0.615. The molecule has 2 heterocycles. The summed E-state index contributed by atoms with van der Waals surface area (Å²) in [5, 5.41) is 31.3. The fourth-order valence-corrected chi connectivity index (χ4v) is 5.70. The fourth-order valence-electron chi connectivity index (χ4n) is 4.98. The first-order valence-corrected chi connectivity index (χ1v) is 12.7. The third-order valence-corrected chi connectivity index (χ3v) is 8.88. The third kappa shape index (κ3) is 5.65. The van der Waals surface area contributed by atoms with Crippen molar-refractivity contribution >= 4 is 22.6 Å². The molecule has 0 radical (unpaired) electrons. The molecule has 5 nitrogen and oxygen atoms in total. The monoisotopic (exact) mass is 555 g/mol. The van der Waals surface area contributed by atoms with Gasteiger partial charge in [-0.25, -0.2) is 0 Å². The number of fused-ring (bicyclic) bond motifs is 1. The number of nitrogens with zero attached hydrogens (tertiary/aromatic N) is 1. The first kappa shape index (κ1) is 25.8. The zero-order chi connectivity index (χ0) is 23.5. The molecule has 2 fully saturated rings. The summed E-state index contributed by atoms with van der Waals surface area (Å²) in [6, 6.07) is 10.4. The van der Waals surface area contributed by atoms with Crippen LogP contribution in [-0.4, -0.2) is 63.3 Å².